The summed E-state index contributed by atoms with van der Waals surface area (Å²) in [6.07, 6.45) is 0. The van der Waals surface area contributed by atoms with Crippen molar-refractivity contribution in [2.24, 2.45) is 0 Å². The molecule has 0 fully saturated rings. The lowest BCUT2D eigenvalue weighted by Crippen LogP contribution is -2.00. The second-order valence-electron chi connectivity index (χ2n) is 14.2. The van der Waals surface area contributed by atoms with Gasteiger partial charge in [0.05, 0.1) is 11.2 Å². The molecule has 11 aromatic rings. The first-order chi connectivity index (χ1) is 28.2. The van der Waals surface area contributed by atoms with E-state index in [4.69, 9.17) is 24.4 Å². The van der Waals surface area contributed by atoms with E-state index in [-0.39, 0.29) is 0 Å². The van der Waals surface area contributed by atoms with Crippen molar-refractivity contribution in [1.29, 1.82) is 0 Å². The van der Waals surface area contributed by atoms with Crippen molar-refractivity contribution in [2.45, 2.75) is 0 Å². The Balaban J connectivity index is 1.10. The van der Waals surface area contributed by atoms with Gasteiger partial charge in [0.1, 0.15) is 11.2 Å². The highest BCUT2D eigenvalue weighted by Crippen LogP contribution is 2.46. The predicted octanol–water partition coefficient (Wildman–Crippen LogP) is 13.5. The molecule has 5 heteroatoms. The molecule has 3 aromatic heterocycles. The quantitative estimate of drug-likeness (QED) is 0.160. The van der Waals surface area contributed by atoms with Gasteiger partial charge < -0.3 is 4.42 Å². The summed E-state index contributed by atoms with van der Waals surface area (Å²) in [6, 6.07) is 66.8. The minimum Gasteiger partial charge on any atom is -0.456 e. The Hall–Kier alpha value is -7.76. The van der Waals surface area contributed by atoms with Crippen LogP contribution in [-0.4, -0.2) is 19.9 Å². The molecule has 266 valence electrons. The fraction of sp³-hybridized carbons (Fsp3) is 0. The molecule has 11 rings (SSSR count). The van der Waals surface area contributed by atoms with Gasteiger partial charge in [-0.25, -0.2) is 19.9 Å². The van der Waals surface area contributed by atoms with Crippen LogP contribution >= 0.6 is 0 Å². The third kappa shape index (κ3) is 5.72. The largest absolute Gasteiger partial charge is 0.456 e. The Morgan fingerprint density at radius 2 is 0.825 bits per heavy atom. The van der Waals surface area contributed by atoms with Crippen LogP contribution in [0.4, 0.5) is 0 Å². The highest BCUT2D eigenvalue weighted by molar-refractivity contribution is 6.27. The van der Waals surface area contributed by atoms with Crippen molar-refractivity contribution >= 4 is 43.6 Å². The molecule has 0 N–H and O–H groups in total. The molecule has 0 amide bonds. The van der Waals surface area contributed by atoms with Crippen LogP contribution in [0.25, 0.3) is 111 Å². The Kier molecular flexibility index (Phi) is 7.74. The molecule has 5 nitrogen and oxygen atoms in total. The van der Waals surface area contributed by atoms with Gasteiger partial charge in [0, 0.05) is 54.7 Å². The second-order valence-corrected chi connectivity index (χ2v) is 14.2. The smallest absolute Gasteiger partial charge is 0.164 e. The molecular formula is C52H32N4O. The third-order valence-electron chi connectivity index (χ3n) is 10.7. The van der Waals surface area contributed by atoms with E-state index in [1.54, 1.807) is 0 Å². The molecule has 0 aliphatic heterocycles. The molecule has 3 heterocycles. The van der Waals surface area contributed by atoms with E-state index in [0.29, 0.717) is 17.5 Å². The molecule has 57 heavy (non-hydrogen) atoms. The van der Waals surface area contributed by atoms with Crippen LogP contribution in [0.3, 0.4) is 0 Å². The number of furan rings is 1. The van der Waals surface area contributed by atoms with Gasteiger partial charge in [-0.3, -0.25) is 0 Å². The summed E-state index contributed by atoms with van der Waals surface area (Å²) < 4.78 is 6.58. The SMILES string of the molecule is c1ccc(-c2cccc(-c3nc(-c4ccccc4)nc(-c4ccc(-c5nc6ccccc6c6c(-c7ccccc7)c7c(cc56)oc5ccccc57)cc4)n3)c2)cc1. The topological polar surface area (TPSA) is 64.7 Å². The number of benzene rings is 8. The zero-order chi connectivity index (χ0) is 37.7. The first-order valence-electron chi connectivity index (χ1n) is 19.1. The molecular weight excluding hydrogens is 697 g/mol. The minimum absolute atomic E-state index is 0.599. The lowest BCUT2D eigenvalue weighted by atomic mass is 9.89. The molecule has 0 aliphatic rings. The van der Waals surface area contributed by atoms with E-state index in [9.17, 15) is 0 Å². The molecule has 0 bridgehead atoms. The van der Waals surface area contributed by atoms with Gasteiger partial charge >= 0.3 is 0 Å². The maximum absolute atomic E-state index is 6.58. The fourth-order valence-corrected chi connectivity index (χ4v) is 8.03. The van der Waals surface area contributed by atoms with Crippen LogP contribution in [0.2, 0.25) is 0 Å². The number of fused-ring (bicyclic) bond motifs is 6. The Labute approximate surface area is 328 Å². The zero-order valence-corrected chi connectivity index (χ0v) is 30.7. The first kappa shape index (κ1) is 32.7. The van der Waals surface area contributed by atoms with E-state index >= 15 is 0 Å². The number of aromatic nitrogens is 4. The van der Waals surface area contributed by atoms with E-state index in [1.807, 2.05) is 48.5 Å². The molecule has 8 aromatic carbocycles. The molecule has 0 unspecified atom stereocenters. The van der Waals surface area contributed by atoms with Gasteiger partial charge in [-0.15, -0.1) is 0 Å². The summed E-state index contributed by atoms with van der Waals surface area (Å²) in [5.41, 5.74) is 11.7. The van der Waals surface area contributed by atoms with Crippen molar-refractivity contribution in [3.8, 4) is 67.7 Å². The van der Waals surface area contributed by atoms with E-state index in [2.05, 4.69) is 146 Å². The van der Waals surface area contributed by atoms with Crippen molar-refractivity contribution in [3.05, 3.63) is 194 Å². The maximum atomic E-state index is 6.58. The summed E-state index contributed by atoms with van der Waals surface area (Å²) in [5, 5.41) is 5.48. The summed E-state index contributed by atoms with van der Waals surface area (Å²) in [4.78, 5) is 20.4. The van der Waals surface area contributed by atoms with Gasteiger partial charge in [-0.05, 0) is 41.0 Å². The lowest BCUT2D eigenvalue weighted by Gasteiger charge is -2.16. The van der Waals surface area contributed by atoms with Crippen LogP contribution in [0, 0.1) is 0 Å². The van der Waals surface area contributed by atoms with E-state index in [0.717, 1.165) is 93.8 Å². The number of para-hydroxylation sites is 2. The van der Waals surface area contributed by atoms with E-state index < -0.39 is 0 Å². The Morgan fingerprint density at radius 3 is 1.54 bits per heavy atom. The van der Waals surface area contributed by atoms with E-state index in [1.165, 1.54) is 0 Å². The molecule has 0 saturated heterocycles. The van der Waals surface area contributed by atoms with Crippen molar-refractivity contribution < 1.29 is 4.42 Å². The molecule has 0 spiro atoms. The minimum atomic E-state index is 0.599. The predicted molar refractivity (Wildman–Crippen MR) is 233 cm³/mol. The Morgan fingerprint density at radius 1 is 0.298 bits per heavy atom. The van der Waals surface area contributed by atoms with Crippen LogP contribution in [0.5, 0.6) is 0 Å². The van der Waals surface area contributed by atoms with Crippen molar-refractivity contribution in [3.63, 3.8) is 0 Å². The lowest BCUT2D eigenvalue weighted by molar-refractivity contribution is 0.669. The highest BCUT2D eigenvalue weighted by atomic mass is 16.3. The normalized spacial score (nSPS) is 11.5. The van der Waals surface area contributed by atoms with Crippen LogP contribution in [0.1, 0.15) is 0 Å². The highest BCUT2D eigenvalue weighted by Gasteiger charge is 2.22. The summed E-state index contributed by atoms with van der Waals surface area (Å²) in [6.45, 7) is 0. The number of hydrogen-bond donors (Lipinski definition) is 0. The van der Waals surface area contributed by atoms with Crippen LogP contribution < -0.4 is 0 Å². The monoisotopic (exact) mass is 728 g/mol. The van der Waals surface area contributed by atoms with Crippen molar-refractivity contribution in [1.82, 2.24) is 19.9 Å². The fourth-order valence-electron chi connectivity index (χ4n) is 8.03. The standard InChI is InChI=1S/C52H32N4O/c1-4-15-33(16-5-1)38-21-14-22-39(31-38)52-55-50(36-19-8-3-9-20-36)54-51(56-52)37-29-27-35(28-30-37)49-42-32-45-48(41-24-11-13-26-44(41)57-45)46(34-17-6-2-7-18-34)47(42)40-23-10-12-25-43(40)53-49/h1-32H. The summed E-state index contributed by atoms with van der Waals surface area (Å²) >= 11 is 0. The number of hydrogen-bond acceptors (Lipinski definition) is 5. The van der Waals surface area contributed by atoms with Gasteiger partial charge in [0.2, 0.25) is 0 Å². The molecule has 0 saturated carbocycles. The number of rotatable bonds is 6. The summed E-state index contributed by atoms with van der Waals surface area (Å²) in [5.74, 6) is 1.84. The zero-order valence-electron chi connectivity index (χ0n) is 30.7. The van der Waals surface area contributed by atoms with Gasteiger partial charge in [-0.1, -0.05) is 170 Å². The first-order valence-corrected chi connectivity index (χ1v) is 19.1. The maximum Gasteiger partial charge on any atom is 0.164 e. The van der Waals surface area contributed by atoms with Gasteiger partial charge in [-0.2, -0.15) is 0 Å². The number of nitrogens with zero attached hydrogens (tertiary/aromatic N) is 4. The molecule has 0 atom stereocenters. The third-order valence-corrected chi connectivity index (χ3v) is 10.7. The summed E-state index contributed by atoms with van der Waals surface area (Å²) in [7, 11) is 0. The Bertz CT molecular complexity index is 3270. The van der Waals surface area contributed by atoms with Crippen molar-refractivity contribution in [2.75, 3.05) is 0 Å². The molecule has 0 aliphatic carbocycles. The second kappa shape index (κ2) is 13.5. The van der Waals surface area contributed by atoms with Crippen LogP contribution in [0.15, 0.2) is 199 Å². The number of pyridine rings is 1. The van der Waals surface area contributed by atoms with Gasteiger partial charge in [0.25, 0.3) is 0 Å². The average Bonchev–Trinajstić information content (AvgIpc) is 3.67. The van der Waals surface area contributed by atoms with Crippen LogP contribution in [-0.2, 0) is 0 Å². The van der Waals surface area contributed by atoms with Gasteiger partial charge in [0.15, 0.2) is 17.5 Å². The molecule has 0 radical (unpaired) electrons. The average molecular weight is 729 g/mol.